The Morgan fingerprint density at radius 1 is 1.41 bits per heavy atom. The Bertz CT molecular complexity index is 629. The van der Waals surface area contributed by atoms with Gasteiger partial charge in [0.25, 0.3) is 0 Å². The quantitative estimate of drug-likeness (QED) is 0.823. The van der Waals surface area contributed by atoms with Gasteiger partial charge in [-0.1, -0.05) is 18.2 Å². The van der Waals surface area contributed by atoms with Crippen LogP contribution < -0.4 is 10.6 Å². The first-order valence-electron chi connectivity index (χ1n) is 7.22. The minimum absolute atomic E-state index is 0.135. The van der Waals surface area contributed by atoms with Crippen LogP contribution in [-0.2, 0) is 17.8 Å². The zero-order valence-corrected chi connectivity index (χ0v) is 13.5. The molecular weight excluding hydrogens is 301 g/mol. The molecule has 6 heteroatoms. The Hall–Kier alpha value is -1.79. The van der Waals surface area contributed by atoms with Crippen molar-refractivity contribution in [2.24, 2.45) is 0 Å². The van der Waals surface area contributed by atoms with Crippen molar-refractivity contribution in [1.29, 1.82) is 0 Å². The highest BCUT2D eigenvalue weighted by Gasteiger charge is 2.12. The van der Waals surface area contributed by atoms with Gasteiger partial charge < -0.3 is 10.6 Å². The summed E-state index contributed by atoms with van der Waals surface area (Å²) in [6.45, 7) is 4.68. The lowest BCUT2D eigenvalue weighted by molar-refractivity contribution is -0.122. The number of aryl methyl sites for hydroxylation is 1. The van der Waals surface area contributed by atoms with Crippen molar-refractivity contribution < 1.29 is 9.18 Å². The van der Waals surface area contributed by atoms with Crippen LogP contribution in [0.4, 0.5) is 4.39 Å². The van der Waals surface area contributed by atoms with Crippen LogP contribution >= 0.6 is 11.3 Å². The van der Waals surface area contributed by atoms with Gasteiger partial charge in [-0.25, -0.2) is 9.37 Å². The lowest BCUT2D eigenvalue weighted by atomic mass is 10.2. The van der Waals surface area contributed by atoms with Gasteiger partial charge in [-0.05, 0) is 26.3 Å². The number of nitrogens with one attached hydrogen (secondary N) is 2. The van der Waals surface area contributed by atoms with Crippen molar-refractivity contribution in [2.45, 2.75) is 32.9 Å². The molecular formula is C16H20FN3OS. The highest BCUT2D eigenvalue weighted by Crippen LogP contribution is 2.11. The van der Waals surface area contributed by atoms with E-state index in [1.807, 2.05) is 13.1 Å². The summed E-state index contributed by atoms with van der Waals surface area (Å²) in [6.07, 6.45) is 2.71. The molecule has 118 valence electrons. The maximum absolute atomic E-state index is 13.5. The topological polar surface area (TPSA) is 54.0 Å². The molecule has 1 unspecified atom stereocenters. The number of aromatic nitrogens is 1. The summed E-state index contributed by atoms with van der Waals surface area (Å²) in [5.41, 5.74) is 0.489. The summed E-state index contributed by atoms with van der Waals surface area (Å²) in [5, 5.41) is 6.95. The Morgan fingerprint density at radius 2 is 2.18 bits per heavy atom. The summed E-state index contributed by atoms with van der Waals surface area (Å²) in [4.78, 5) is 17.4. The van der Waals surface area contributed by atoms with Crippen molar-refractivity contribution >= 4 is 17.2 Å². The Kier molecular flexibility index (Phi) is 6.03. The van der Waals surface area contributed by atoms with Gasteiger partial charge in [0, 0.05) is 29.7 Å². The third-order valence-corrected chi connectivity index (χ3v) is 4.27. The number of hydrogen-bond acceptors (Lipinski definition) is 4. The fraction of sp³-hybridized carbons (Fsp3) is 0.375. The summed E-state index contributed by atoms with van der Waals surface area (Å²) < 4.78 is 13.5. The van der Waals surface area contributed by atoms with Gasteiger partial charge in [-0.3, -0.25) is 4.79 Å². The van der Waals surface area contributed by atoms with Crippen LogP contribution in [0.25, 0.3) is 0 Å². The second-order valence-electron chi connectivity index (χ2n) is 5.08. The molecule has 0 bridgehead atoms. The van der Waals surface area contributed by atoms with Crippen molar-refractivity contribution in [3.63, 3.8) is 0 Å². The molecule has 2 N–H and O–H groups in total. The van der Waals surface area contributed by atoms with Crippen molar-refractivity contribution in [3.8, 4) is 0 Å². The molecule has 0 saturated heterocycles. The zero-order chi connectivity index (χ0) is 15.9. The summed E-state index contributed by atoms with van der Waals surface area (Å²) in [6, 6.07) is 6.12. The number of amides is 1. The SMILES string of the molecule is Cc1ncc(CCNC(C)C(=O)NCc2ccccc2F)s1. The Balaban J connectivity index is 1.71. The van der Waals surface area contributed by atoms with Crippen molar-refractivity contribution in [1.82, 2.24) is 15.6 Å². The molecule has 0 aliphatic carbocycles. The molecule has 22 heavy (non-hydrogen) atoms. The summed E-state index contributed by atoms with van der Waals surface area (Å²) in [7, 11) is 0. The van der Waals surface area contributed by atoms with E-state index in [0.29, 0.717) is 12.1 Å². The van der Waals surface area contributed by atoms with E-state index in [9.17, 15) is 9.18 Å². The van der Waals surface area contributed by atoms with Crippen LogP contribution in [0.15, 0.2) is 30.5 Å². The molecule has 1 aromatic heterocycles. The van der Waals surface area contributed by atoms with E-state index in [4.69, 9.17) is 0 Å². The average Bonchev–Trinajstić information content (AvgIpc) is 2.91. The minimum atomic E-state index is -0.319. The number of hydrogen-bond donors (Lipinski definition) is 2. The molecule has 0 fully saturated rings. The monoisotopic (exact) mass is 321 g/mol. The smallest absolute Gasteiger partial charge is 0.237 e. The number of rotatable bonds is 7. The number of halogens is 1. The Morgan fingerprint density at radius 3 is 2.86 bits per heavy atom. The fourth-order valence-electron chi connectivity index (χ4n) is 2.00. The van der Waals surface area contributed by atoms with Gasteiger partial charge >= 0.3 is 0 Å². The maximum Gasteiger partial charge on any atom is 0.237 e. The molecule has 4 nitrogen and oxygen atoms in total. The van der Waals surface area contributed by atoms with Gasteiger partial charge in [0.2, 0.25) is 5.91 Å². The molecule has 0 aliphatic heterocycles. The van der Waals surface area contributed by atoms with Crippen LogP contribution in [-0.4, -0.2) is 23.5 Å². The Labute approximate surface area is 133 Å². The predicted molar refractivity (Wildman–Crippen MR) is 86.3 cm³/mol. The second-order valence-corrected chi connectivity index (χ2v) is 6.40. The van der Waals surface area contributed by atoms with Crippen LogP contribution in [0.1, 0.15) is 22.4 Å². The summed E-state index contributed by atoms with van der Waals surface area (Å²) in [5.74, 6) is -0.437. The van der Waals surface area contributed by atoms with E-state index in [0.717, 1.165) is 11.4 Å². The molecule has 1 atom stereocenters. The molecule has 0 saturated carbocycles. The fourth-order valence-corrected chi connectivity index (χ4v) is 2.80. The van der Waals surface area contributed by atoms with E-state index >= 15 is 0 Å². The standard InChI is InChI=1S/C16H20FN3OS/c1-11(18-8-7-14-10-19-12(2)22-14)16(21)20-9-13-5-3-4-6-15(13)17/h3-6,10-11,18H,7-9H2,1-2H3,(H,20,21). The van der Waals surface area contributed by atoms with Crippen molar-refractivity contribution in [2.75, 3.05) is 6.54 Å². The molecule has 0 radical (unpaired) electrons. The van der Waals surface area contributed by atoms with Gasteiger partial charge in [0.05, 0.1) is 11.0 Å². The molecule has 2 aromatic rings. The number of benzene rings is 1. The number of carbonyl (C=O) groups is 1. The van der Waals surface area contributed by atoms with Crippen LogP contribution in [0, 0.1) is 12.7 Å². The van der Waals surface area contributed by atoms with E-state index in [1.54, 1.807) is 36.5 Å². The lowest BCUT2D eigenvalue weighted by Crippen LogP contribution is -2.42. The minimum Gasteiger partial charge on any atom is -0.351 e. The van der Waals surface area contributed by atoms with Crippen LogP contribution in [0.3, 0.4) is 0 Å². The summed E-state index contributed by atoms with van der Waals surface area (Å²) >= 11 is 1.66. The molecule has 1 heterocycles. The number of thiazole rings is 1. The normalized spacial score (nSPS) is 12.1. The second kappa shape index (κ2) is 8.00. The molecule has 2 rings (SSSR count). The van der Waals surface area contributed by atoms with E-state index in [2.05, 4.69) is 15.6 Å². The molecule has 0 aliphatic rings. The van der Waals surface area contributed by atoms with Crippen LogP contribution in [0.5, 0.6) is 0 Å². The first kappa shape index (κ1) is 16.6. The largest absolute Gasteiger partial charge is 0.351 e. The molecule has 1 amide bonds. The van der Waals surface area contributed by atoms with Crippen LogP contribution in [0.2, 0.25) is 0 Å². The van der Waals surface area contributed by atoms with Gasteiger partial charge in [0.15, 0.2) is 0 Å². The first-order chi connectivity index (χ1) is 10.6. The lowest BCUT2D eigenvalue weighted by Gasteiger charge is -2.14. The van der Waals surface area contributed by atoms with Gasteiger partial charge in [-0.2, -0.15) is 0 Å². The first-order valence-corrected chi connectivity index (χ1v) is 8.03. The van der Waals surface area contributed by atoms with Gasteiger partial charge in [-0.15, -0.1) is 11.3 Å². The third kappa shape index (κ3) is 4.89. The highest BCUT2D eigenvalue weighted by molar-refractivity contribution is 7.11. The van der Waals surface area contributed by atoms with E-state index < -0.39 is 0 Å². The zero-order valence-electron chi connectivity index (χ0n) is 12.7. The van der Waals surface area contributed by atoms with Crippen molar-refractivity contribution in [3.05, 3.63) is 51.7 Å². The van der Waals surface area contributed by atoms with E-state index in [1.165, 1.54) is 10.9 Å². The number of nitrogens with zero attached hydrogens (tertiary/aromatic N) is 1. The average molecular weight is 321 g/mol. The van der Waals surface area contributed by atoms with Gasteiger partial charge in [0.1, 0.15) is 5.82 Å². The molecule has 1 aromatic carbocycles. The number of carbonyl (C=O) groups excluding carboxylic acids is 1. The van der Waals surface area contributed by atoms with E-state index in [-0.39, 0.29) is 24.3 Å². The highest BCUT2D eigenvalue weighted by atomic mass is 32.1. The maximum atomic E-state index is 13.5. The molecule has 0 spiro atoms. The third-order valence-electron chi connectivity index (χ3n) is 3.30. The predicted octanol–water partition coefficient (Wildman–Crippen LogP) is 2.43.